The second kappa shape index (κ2) is 9.12. The molecule has 0 spiro atoms. The van der Waals surface area contributed by atoms with Gasteiger partial charge >= 0.3 is 0 Å². The highest BCUT2D eigenvalue weighted by molar-refractivity contribution is 7.80. The molecule has 0 amide bonds. The standard InChI is InChI=1S/C17H17ClN4O3S/c1-3-25-14-7-5-13(6-8-14)19-17(26)21-20-11(2)12-4-9-15(18)16(10-12)22(23)24/h4-10H,3H2,1-2H3,(H2,19,21,26)/b20-11+. The van der Waals surface area contributed by atoms with Gasteiger partial charge in [-0.1, -0.05) is 17.7 Å². The summed E-state index contributed by atoms with van der Waals surface area (Å²) >= 11 is 11.0. The monoisotopic (exact) mass is 392 g/mol. The minimum atomic E-state index is -0.537. The van der Waals surface area contributed by atoms with Crippen molar-refractivity contribution in [3.05, 3.63) is 63.2 Å². The topological polar surface area (TPSA) is 88.8 Å². The van der Waals surface area contributed by atoms with E-state index in [1.54, 1.807) is 13.0 Å². The van der Waals surface area contributed by atoms with Crippen molar-refractivity contribution in [2.75, 3.05) is 11.9 Å². The molecule has 2 N–H and O–H groups in total. The summed E-state index contributed by atoms with van der Waals surface area (Å²) in [4.78, 5) is 10.4. The fourth-order valence-corrected chi connectivity index (χ4v) is 2.39. The highest BCUT2D eigenvalue weighted by Crippen LogP contribution is 2.25. The van der Waals surface area contributed by atoms with Crippen LogP contribution in [-0.4, -0.2) is 22.4 Å². The van der Waals surface area contributed by atoms with E-state index in [1.807, 2.05) is 31.2 Å². The molecule has 2 aromatic carbocycles. The maximum atomic E-state index is 11.0. The summed E-state index contributed by atoms with van der Waals surface area (Å²) in [5.74, 6) is 0.773. The highest BCUT2D eigenvalue weighted by atomic mass is 35.5. The van der Waals surface area contributed by atoms with Gasteiger partial charge in [0.2, 0.25) is 0 Å². The van der Waals surface area contributed by atoms with Gasteiger partial charge in [-0.15, -0.1) is 0 Å². The number of benzene rings is 2. The van der Waals surface area contributed by atoms with E-state index in [9.17, 15) is 10.1 Å². The van der Waals surface area contributed by atoms with Gasteiger partial charge in [0.25, 0.3) is 5.69 Å². The summed E-state index contributed by atoms with van der Waals surface area (Å²) < 4.78 is 5.37. The van der Waals surface area contributed by atoms with Crippen LogP contribution < -0.4 is 15.5 Å². The summed E-state index contributed by atoms with van der Waals surface area (Å²) in [6.45, 7) is 4.23. The average molecular weight is 393 g/mol. The molecule has 0 unspecified atom stereocenters. The molecule has 0 heterocycles. The molecule has 0 radical (unpaired) electrons. The maximum absolute atomic E-state index is 11.0. The Kier molecular flexibility index (Phi) is 6.88. The molecule has 0 saturated heterocycles. The Labute approximate surface area is 161 Å². The third-order valence-electron chi connectivity index (χ3n) is 3.31. The summed E-state index contributed by atoms with van der Waals surface area (Å²) in [6.07, 6.45) is 0. The Morgan fingerprint density at radius 1 is 1.31 bits per heavy atom. The van der Waals surface area contributed by atoms with E-state index in [-0.39, 0.29) is 15.8 Å². The number of anilines is 1. The Morgan fingerprint density at radius 3 is 2.62 bits per heavy atom. The predicted octanol–water partition coefficient (Wildman–Crippen LogP) is 4.36. The minimum absolute atomic E-state index is 0.0761. The molecule has 0 aliphatic rings. The fourth-order valence-electron chi connectivity index (χ4n) is 2.04. The zero-order valence-electron chi connectivity index (χ0n) is 14.2. The number of nitrogens with one attached hydrogen (secondary N) is 2. The van der Waals surface area contributed by atoms with Gasteiger partial charge in [-0.25, -0.2) is 0 Å². The van der Waals surface area contributed by atoms with Crippen molar-refractivity contribution in [2.24, 2.45) is 5.10 Å². The van der Waals surface area contributed by atoms with Crippen LogP contribution in [0.4, 0.5) is 11.4 Å². The summed E-state index contributed by atoms with van der Waals surface area (Å²) in [5, 5.41) is 18.4. The molecule has 136 valence electrons. The van der Waals surface area contributed by atoms with Gasteiger partial charge in [0.1, 0.15) is 10.8 Å². The molecular formula is C17H17ClN4O3S. The van der Waals surface area contributed by atoms with E-state index in [2.05, 4.69) is 15.8 Å². The molecule has 0 bridgehead atoms. The van der Waals surface area contributed by atoms with Crippen LogP contribution in [-0.2, 0) is 0 Å². The van der Waals surface area contributed by atoms with Gasteiger partial charge in [-0.05, 0) is 56.4 Å². The second-order valence-electron chi connectivity index (χ2n) is 5.14. The predicted molar refractivity (Wildman–Crippen MR) is 107 cm³/mol. The van der Waals surface area contributed by atoms with Crippen LogP contribution >= 0.6 is 23.8 Å². The first-order valence-corrected chi connectivity index (χ1v) is 8.47. The first kappa shape index (κ1) is 19.6. The van der Waals surface area contributed by atoms with Crippen LogP contribution in [0.2, 0.25) is 5.02 Å². The van der Waals surface area contributed by atoms with E-state index in [0.29, 0.717) is 17.9 Å². The number of nitro groups is 1. The SMILES string of the molecule is CCOc1ccc(NC(=S)N/N=C(\C)c2ccc(Cl)c([N+](=O)[O-])c2)cc1. The van der Waals surface area contributed by atoms with E-state index >= 15 is 0 Å². The molecule has 2 aromatic rings. The molecule has 0 aromatic heterocycles. The third kappa shape index (κ3) is 5.40. The van der Waals surface area contributed by atoms with Crippen molar-refractivity contribution in [3.8, 4) is 5.75 Å². The van der Waals surface area contributed by atoms with E-state index in [1.165, 1.54) is 12.1 Å². The number of hydrogen-bond acceptors (Lipinski definition) is 5. The molecule has 2 rings (SSSR count). The Hall–Kier alpha value is -2.71. The summed E-state index contributed by atoms with van der Waals surface area (Å²) in [6, 6.07) is 11.8. The van der Waals surface area contributed by atoms with Crippen LogP contribution in [0.25, 0.3) is 0 Å². The normalized spacial score (nSPS) is 11.0. The highest BCUT2D eigenvalue weighted by Gasteiger charge is 2.13. The summed E-state index contributed by atoms with van der Waals surface area (Å²) in [5.41, 5.74) is 4.41. The van der Waals surface area contributed by atoms with Crippen LogP contribution in [0.3, 0.4) is 0 Å². The van der Waals surface area contributed by atoms with Crippen LogP contribution in [0.15, 0.2) is 47.6 Å². The van der Waals surface area contributed by atoms with Crippen molar-refractivity contribution >= 4 is 46.0 Å². The molecule has 9 heteroatoms. The quantitative estimate of drug-likeness (QED) is 0.328. The minimum Gasteiger partial charge on any atom is -0.494 e. The number of nitro benzene ring substituents is 1. The van der Waals surface area contributed by atoms with Gasteiger partial charge in [-0.2, -0.15) is 5.10 Å². The molecule has 0 aliphatic carbocycles. The van der Waals surface area contributed by atoms with Crippen molar-refractivity contribution in [2.45, 2.75) is 13.8 Å². The Bertz CT molecular complexity index is 840. The second-order valence-corrected chi connectivity index (χ2v) is 5.96. The van der Waals surface area contributed by atoms with Crippen molar-refractivity contribution < 1.29 is 9.66 Å². The lowest BCUT2D eigenvalue weighted by molar-refractivity contribution is -0.384. The van der Waals surface area contributed by atoms with Crippen molar-refractivity contribution in [1.82, 2.24) is 5.43 Å². The van der Waals surface area contributed by atoms with Crippen molar-refractivity contribution in [3.63, 3.8) is 0 Å². The van der Waals surface area contributed by atoms with E-state index < -0.39 is 4.92 Å². The fraction of sp³-hybridized carbons (Fsp3) is 0.176. The molecule has 26 heavy (non-hydrogen) atoms. The summed E-state index contributed by atoms with van der Waals surface area (Å²) in [7, 11) is 0. The smallest absolute Gasteiger partial charge is 0.288 e. The Balaban J connectivity index is 2.00. The molecule has 0 saturated carbocycles. The first-order valence-electron chi connectivity index (χ1n) is 7.69. The van der Waals surface area contributed by atoms with Crippen LogP contribution in [0, 0.1) is 10.1 Å². The zero-order chi connectivity index (χ0) is 19.1. The van der Waals surface area contributed by atoms with Gasteiger partial charge in [0.05, 0.1) is 17.2 Å². The number of halogens is 1. The lowest BCUT2D eigenvalue weighted by Gasteiger charge is -2.09. The van der Waals surface area contributed by atoms with Gasteiger partial charge in [-0.3, -0.25) is 15.5 Å². The van der Waals surface area contributed by atoms with Crippen LogP contribution in [0.5, 0.6) is 5.75 Å². The largest absolute Gasteiger partial charge is 0.494 e. The maximum Gasteiger partial charge on any atom is 0.288 e. The van der Waals surface area contributed by atoms with E-state index in [0.717, 1.165) is 11.4 Å². The third-order valence-corrected chi connectivity index (χ3v) is 3.82. The van der Waals surface area contributed by atoms with E-state index in [4.69, 9.17) is 28.6 Å². The number of ether oxygens (including phenoxy) is 1. The molecule has 0 atom stereocenters. The van der Waals surface area contributed by atoms with Gasteiger partial charge in [0, 0.05) is 17.3 Å². The molecular weight excluding hydrogens is 376 g/mol. The number of rotatable bonds is 6. The number of thiocarbonyl (C=S) groups is 1. The van der Waals surface area contributed by atoms with Crippen molar-refractivity contribution in [1.29, 1.82) is 0 Å². The molecule has 7 nitrogen and oxygen atoms in total. The average Bonchev–Trinajstić information content (AvgIpc) is 2.61. The van der Waals surface area contributed by atoms with Crippen LogP contribution in [0.1, 0.15) is 19.4 Å². The first-order chi connectivity index (χ1) is 12.4. The number of hydrogen-bond donors (Lipinski definition) is 2. The zero-order valence-corrected chi connectivity index (χ0v) is 15.7. The Morgan fingerprint density at radius 2 is 2.00 bits per heavy atom. The molecule has 0 aliphatic heterocycles. The number of hydrazone groups is 1. The lowest BCUT2D eigenvalue weighted by Crippen LogP contribution is -2.24. The lowest BCUT2D eigenvalue weighted by atomic mass is 10.1. The van der Waals surface area contributed by atoms with Gasteiger partial charge < -0.3 is 10.1 Å². The molecule has 0 fully saturated rings. The van der Waals surface area contributed by atoms with Gasteiger partial charge in [0.15, 0.2) is 5.11 Å². The number of nitrogens with zero attached hydrogens (tertiary/aromatic N) is 2.